The molecule has 0 saturated carbocycles. The molecule has 0 radical (unpaired) electrons. The predicted octanol–water partition coefficient (Wildman–Crippen LogP) is 2.58. The molecule has 6 nitrogen and oxygen atoms in total. The van der Waals surface area contributed by atoms with Crippen molar-refractivity contribution in [3.05, 3.63) is 32.4 Å². The van der Waals surface area contributed by atoms with Crippen LogP contribution in [0.15, 0.2) is 12.1 Å². The van der Waals surface area contributed by atoms with Crippen LogP contribution in [0.5, 0.6) is 0 Å². The van der Waals surface area contributed by atoms with Crippen molar-refractivity contribution in [2.75, 3.05) is 0 Å². The van der Waals surface area contributed by atoms with E-state index in [1.54, 1.807) is 0 Å². The number of fused-ring (bicyclic) bond motifs is 2. The summed E-state index contributed by atoms with van der Waals surface area (Å²) in [5.41, 5.74) is -0.764. The van der Waals surface area contributed by atoms with E-state index in [9.17, 15) is 20.2 Å². The van der Waals surface area contributed by atoms with Crippen LogP contribution in [0.2, 0.25) is 0 Å². The Labute approximate surface area is 87.2 Å². The highest BCUT2D eigenvalue weighted by atomic mass is 35.5. The molecule has 0 aliphatic heterocycles. The summed E-state index contributed by atoms with van der Waals surface area (Å²) in [5.74, 6) is 0. The van der Waals surface area contributed by atoms with Gasteiger partial charge in [-0.3, -0.25) is 20.2 Å². The number of hydrogen-bond donors (Lipinski definition) is 0. The minimum atomic E-state index is -0.711. The summed E-state index contributed by atoms with van der Waals surface area (Å²) in [6.07, 6.45) is 0. The summed E-state index contributed by atoms with van der Waals surface area (Å²) in [6.45, 7) is 0. The number of rotatable bonds is 2. The fraction of sp³-hybridized carbons (Fsp3) is 0. The first-order valence-electron chi connectivity index (χ1n) is 3.25. The van der Waals surface area contributed by atoms with Gasteiger partial charge in [-0.2, -0.15) is 0 Å². The van der Waals surface area contributed by atoms with Gasteiger partial charge in [-0.15, -0.1) is 23.7 Å². The van der Waals surface area contributed by atoms with Gasteiger partial charge in [0.1, 0.15) is 9.40 Å². The lowest BCUT2D eigenvalue weighted by molar-refractivity contribution is -0.419. The Morgan fingerprint density at radius 2 is 1.36 bits per heavy atom. The van der Waals surface area contributed by atoms with E-state index < -0.39 is 9.85 Å². The maximum absolute atomic E-state index is 10.5. The molecule has 14 heavy (non-hydrogen) atoms. The summed E-state index contributed by atoms with van der Waals surface area (Å²) in [6, 6.07) is 3.04. The van der Waals surface area contributed by atoms with Gasteiger partial charge in [0.25, 0.3) is 0 Å². The van der Waals surface area contributed by atoms with Crippen LogP contribution in [0.25, 0.3) is 9.40 Å². The molecule has 0 aliphatic rings. The molecule has 2 aromatic rings. The van der Waals surface area contributed by atoms with Gasteiger partial charge in [0.15, 0.2) is 0 Å². The number of nitrogens with zero attached hydrogens (tertiary/aromatic N) is 2. The molecule has 0 atom stereocenters. The Balaban J connectivity index is 0.000000980. The third kappa shape index (κ3) is 1.26. The molecule has 2 bridgehead atoms. The van der Waals surface area contributed by atoms with Gasteiger partial charge in [-0.1, -0.05) is 0 Å². The molecule has 0 unspecified atom stereocenters. The Morgan fingerprint density at radius 1 is 1.00 bits per heavy atom. The van der Waals surface area contributed by atoms with E-state index in [4.69, 9.17) is 0 Å². The van der Waals surface area contributed by atoms with E-state index in [-0.39, 0.29) is 23.8 Å². The zero-order chi connectivity index (χ0) is 9.59. The first-order chi connectivity index (χ1) is 6.11. The molecular formula is C6H3ClN2O4S. The molecule has 0 aliphatic carbocycles. The van der Waals surface area contributed by atoms with Gasteiger partial charge in [0, 0.05) is 0 Å². The average molecular weight is 235 g/mol. The van der Waals surface area contributed by atoms with Gasteiger partial charge < -0.3 is 0 Å². The van der Waals surface area contributed by atoms with Crippen LogP contribution in [0.4, 0.5) is 11.4 Å². The maximum Gasteiger partial charge on any atom is 0.364 e. The maximum atomic E-state index is 10.5. The van der Waals surface area contributed by atoms with Gasteiger partial charge in [0.2, 0.25) is 0 Å². The highest BCUT2D eigenvalue weighted by Crippen LogP contribution is 2.45. The SMILES string of the molecule is Cl.O=[N+]([O-])c1c([N+](=O)[O-])c2ccc1s2. The van der Waals surface area contributed by atoms with Gasteiger partial charge >= 0.3 is 11.4 Å². The second-order valence-electron chi connectivity index (χ2n) is 2.38. The smallest absolute Gasteiger partial charge is 0.258 e. The molecule has 2 heterocycles. The van der Waals surface area contributed by atoms with E-state index in [0.717, 1.165) is 11.3 Å². The van der Waals surface area contributed by atoms with Crippen molar-refractivity contribution < 1.29 is 9.85 Å². The van der Waals surface area contributed by atoms with Crippen molar-refractivity contribution in [2.45, 2.75) is 0 Å². The lowest BCUT2D eigenvalue weighted by atomic mass is 10.3. The second kappa shape index (κ2) is 3.35. The molecule has 0 N–H and O–H groups in total. The summed E-state index contributed by atoms with van der Waals surface area (Å²) in [4.78, 5) is 19.5. The number of nitro groups is 2. The molecule has 74 valence electrons. The molecule has 0 aromatic carbocycles. The molecule has 0 amide bonds. The number of benzene rings is 1. The highest BCUT2D eigenvalue weighted by Gasteiger charge is 2.33. The molecular weight excluding hydrogens is 232 g/mol. The van der Waals surface area contributed by atoms with E-state index >= 15 is 0 Å². The molecule has 0 fully saturated rings. The number of hydrogen-bond acceptors (Lipinski definition) is 5. The minimum Gasteiger partial charge on any atom is -0.258 e. The van der Waals surface area contributed by atoms with Gasteiger partial charge in [0.05, 0.1) is 9.85 Å². The van der Waals surface area contributed by atoms with Crippen molar-refractivity contribution >= 4 is 44.5 Å². The Kier molecular flexibility index (Phi) is 2.54. The molecule has 8 heteroatoms. The fourth-order valence-electron chi connectivity index (χ4n) is 1.18. The van der Waals surface area contributed by atoms with Crippen LogP contribution >= 0.6 is 23.7 Å². The molecule has 2 aromatic heterocycles. The first-order valence-corrected chi connectivity index (χ1v) is 4.06. The molecule has 2 rings (SSSR count). The van der Waals surface area contributed by atoms with Gasteiger partial charge in [-0.25, -0.2) is 0 Å². The first kappa shape index (κ1) is 10.6. The van der Waals surface area contributed by atoms with E-state index in [0.29, 0.717) is 9.40 Å². The van der Waals surface area contributed by atoms with Crippen LogP contribution < -0.4 is 0 Å². The number of nitro benzene ring substituents is 2. The second-order valence-corrected chi connectivity index (χ2v) is 3.46. The number of thiophene rings is 2. The zero-order valence-electron chi connectivity index (χ0n) is 6.50. The van der Waals surface area contributed by atoms with Crippen molar-refractivity contribution in [2.24, 2.45) is 0 Å². The van der Waals surface area contributed by atoms with Crippen molar-refractivity contribution in [3.63, 3.8) is 0 Å². The normalized spacial score (nSPS) is 10.0. The van der Waals surface area contributed by atoms with E-state index in [1.165, 1.54) is 12.1 Å². The van der Waals surface area contributed by atoms with E-state index in [2.05, 4.69) is 0 Å². The summed E-state index contributed by atoms with van der Waals surface area (Å²) in [7, 11) is 0. The summed E-state index contributed by atoms with van der Waals surface area (Å²) < 4.78 is 0.707. The zero-order valence-corrected chi connectivity index (χ0v) is 8.13. The van der Waals surface area contributed by atoms with Crippen LogP contribution in [-0.2, 0) is 0 Å². The van der Waals surface area contributed by atoms with Crippen molar-refractivity contribution in [1.82, 2.24) is 0 Å². The molecule has 0 saturated heterocycles. The average Bonchev–Trinajstić information content (AvgIpc) is 2.60. The van der Waals surface area contributed by atoms with Crippen molar-refractivity contribution in [3.8, 4) is 0 Å². The monoisotopic (exact) mass is 234 g/mol. The standard InChI is InChI=1S/C6H2N2O4S.ClH/c9-7(10)5-3-1-2-4(13-3)6(5)8(11)12;/h1-2H;1H. The highest BCUT2D eigenvalue weighted by molar-refractivity contribution is 7.25. The Bertz CT molecular complexity index is 454. The topological polar surface area (TPSA) is 86.3 Å². The quantitative estimate of drug-likeness (QED) is 0.590. The predicted molar refractivity (Wildman–Crippen MR) is 53.6 cm³/mol. The van der Waals surface area contributed by atoms with Gasteiger partial charge in [-0.05, 0) is 12.1 Å². The van der Waals surface area contributed by atoms with E-state index in [1.807, 2.05) is 0 Å². The van der Waals surface area contributed by atoms with Crippen LogP contribution in [0.3, 0.4) is 0 Å². The minimum absolute atomic E-state index is 0. The Hall–Kier alpha value is -1.47. The third-order valence-electron chi connectivity index (χ3n) is 1.66. The summed E-state index contributed by atoms with van der Waals surface area (Å²) >= 11 is 1.07. The van der Waals surface area contributed by atoms with Crippen molar-refractivity contribution in [1.29, 1.82) is 0 Å². The van der Waals surface area contributed by atoms with Crippen LogP contribution in [-0.4, -0.2) is 9.85 Å². The number of halogens is 1. The molecule has 0 spiro atoms. The fourth-order valence-corrected chi connectivity index (χ4v) is 2.22. The lowest BCUT2D eigenvalue weighted by Crippen LogP contribution is -1.94. The Morgan fingerprint density at radius 3 is 1.64 bits per heavy atom. The van der Waals surface area contributed by atoms with Crippen LogP contribution in [0.1, 0.15) is 0 Å². The third-order valence-corrected chi connectivity index (χ3v) is 2.76. The lowest BCUT2D eigenvalue weighted by Gasteiger charge is -1.89. The largest absolute Gasteiger partial charge is 0.364 e. The van der Waals surface area contributed by atoms with Crippen LogP contribution in [0, 0.1) is 20.2 Å². The summed E-state index contributed by atoms with van der Waals surface area (Å²) in [5, 5.41) is 20.9.